The highest BCUT2D eigenvalue weighted by Gasteiger charge is 2.10. The van der Waals surface area contributed by atoms with Crippen LogP contribution in [0, 0.1) is 5.82 Å². The summed E-state index contributed by atoms with van der Waals surface area (Å²) >= 11 is 5.48. The maximum Gasteiger partial charge on any atom is 0.169 e. The molecule has 0 N–H and O–H groups in total. The molecular formula is C10H10ClFO2. The molecule has 4 heteroatoms. The average molecular weight is 217 g/mol. The topological polar surface area (TPSA) is 26.3 Å². The van der Waals surface area contributed by atoms with Crippen LogP contribution in [0.2, 0.25) is 5.02 Å². The summed E-state index contributed by atoms with van der Waals surface area (Å²) in [4.78, 5) is 10.9. The minimum absolute atomic E-state index is 0.0350. The predicted molar refractivity (Wildman–Crippen MR) is 52.2 cm³/mol. The molecule has 0 bridgehead atoms. The zero-order valence-electron chi connectivity index (χ0n) is 7.88. The average Bonchev–Trinajstić information content (AvgIpc) is 2.11. The lowest BCUT2D eigenvalue weighted by molar-refractivity contribution is -0.122. The van der Waals surface area contributed by atoms with Crippen molar-refractivity contribution in [3.05, 3.63) is 29.0 Å². The lowest BCUT2D eigenvalue weighted by atomic mass is 10.3. The third kappa shape index (κ3) is 2.70. The van der Waals surface area contributed by atoms with Crippen LogP contribution in [0.1, 0.15) is 13.8 Å². The molecule has 0 fully saturated rings. The first-order valence-corrected chi connectivity index (χ1v) is 4.50. The molecule has 0 aliphatic heterocycles. The largest absolute Gasteiger partial charge is 0.483 e. The maximum absolute atomic E-state index is 12.9. The van der Waals surface area contributed by atoms with Crippen molar-refractivity contribution in [2.45, 2.75) is 20.0 Å². The Morgan fingerprint density at radius 1 is 1.57 bits per heavy atom. The van der Waals surface area contributed by atoms with E-state index in [1.165, 1.54) is 19.1 Å². The van der Waals surface area contributed by atoms with Crippen molar-refractivity contribution in [3.8, 4) is 5.75 Å². The second-order valence-electron chi connectivity index (χ2n) is 2.95. The Morgan fingerprint density at radius 2 is 2.21 bits per heavy atom. The zero-order chi connectivity index (χ0) is 10.7. The van der Waals surface area contributed by atoms with Crippen LogP contribution in [0.25, 0.3) is 0 Å². The normalized spacial score (nSPS) is 12.3. The van der Waals surface area contributed by atoms with E-state index in [1.807, 2.05) is 0 Å². The van der Waals surface area contributed by atoms with Crippen LogP contribution in [0.15, 0.2) is 18.2 Å². The van der Waals surface area contributed by atoms with Gasteiger partial charge in [-0.2, -0.15) is 0 Å². The molecule has 1 atom stereocenters. The number of Topliss-reactive ketones (excluding diaryl/α,β-unsaturated/α-hetero) is 1. The van der Waals surface area contributed by atoms with Gasteiger partial charge in [-0.1, -0.05) is 11.6 Å². The van der Waals surface area contributed by atoms with E-state index in [0.717, 1.165) is 6.07 Å². The molecule has 14 heavy (non-hydrogen) atoms. The van der Waals surface area contributed by atoms with E-state index in [2.05, 4.69) is 0 Å². The first kappa shape index (κ1) is 11.0. The van der Waals surface area contributed by atoms with Crippen LogP contribution in [-0.4, -0.2) is 11.9 Å². The molecule has 2 nitrogen and oxygen atoms in total. The van der Waals surface area contributed by atoms with Crippen LogP contribution in [0.5, 0.6) is 5.75 Å². The Bertz CT molecular complexity index is 352. The molecule has 0 saturated carbocycles. The van der Waals surface area contributed by atoms with E-state index in [9.17, 15) is 9.18 Å². The number of benzene rings is 1. The summed E-state index contributed by atoms with van der Waals surface area (Å²) in [6.45, 7) is 3.02. The standard InChI is InChI=1S/C10H10ClFO2/c1-6(13)7(2)14-8-3-4-9(11)10(12)5-8/h3-5,7H,1-2H3. The van der Waals surface area contributed by atoms with Gasteiger partial charge in [0.2, 0.25) is 0 Å². The van der Waals surface area contributed by atoms with Crippen molar-refractivity contribution in [1.82, 2.24) is 0 Å². The van der Waals surface area contributed by atoms with Crippen molar-refractivity contribution < 1.29 is 13.9 Å². The number of rotatable bonds is 3. The highest BCUT2D eigenvalue weighted by atomic mass is 35.5. The van der Waals surface area contributed by atoms with Gasteiger partial charge in [0, 0.05) is 6.07 Å². The zero-order valence-corrected chi connectivity index (χ0v) is 8.64. The van der Waals surface area contributed by atoms with Crippen LogP contribution in [-0.2, 0) is 4.79 Å². The smallest absolute Gasteiger partial charge is 0.169 e. The van der Waals surface area contributed by atoms with Gasteiger partial charge < -0.3 is 4.74 Å². The Kier molecular flexibility index (Phi) is 3.47. The lowest BCUT2D eigenvalue weighted by Gasteiger charge is -2.11. The van der Waals surface area contributed by atoms with Crippen molar-refractivity contribution in [1.29, 1.82) is 0 Å². The summed E-state index contributed by atoms with van der Waals surface area (Å²) in [6, 6.07) is 4.06. The molecule has 0 saturated heterocycles. The van der Waals surface area contributed by atoms with Crippen molar-refractivity contribution in [2.24, 2.45) is 0 Å². The molecule has 0 spiro atoms. The SMILES string of the molecule is CC(=O)C(C)Oc1ccc(Cl)c(F)c1. The molecular weight excluding hydrogens is 207 g/mol. The second-order valence-corrected chi connectivity index (χ2v) is 3.35. The quantitative estimate of drug-likeness (QED) is 0.777. The maximum atomic E-state index is 12.9. The van der Waals surface area contributed by atoms with Gasteiger partial charge in [0.15, 0.2) is 11.9 Å². The molecule has 0 aromatic heterocycles. The van der Waals surface area contributed by atoms with E-state index >= 15 is 0 Å². The molecule has 0 amide bonds. The summed E-state index contributed by atoms with van der Waals surface area (Å²) < 4.78 is 18.1. The van der Waals surface area contributed by atoms with Gasteiger partial charge in [0.25, 0.3) is 0 Å². The Labute approximate surface area is 86.6 Å². The van der Waals surface area contributed by atoms with E-state index < -0.39 is 11.9 Å². The first-order valence-electron chi connectivity index (χ1n) is 4.13. The number of hydrogen-bond acceptors (Lipinski definition) is 2. The Morgan fingerprint density at radius 3 is 2.71 bits per heavy atom. The Balaban J connectivity index is 2.78. The van der Waals surface area contributed by atoms with Crippen molar-refractivity contribution in [2.75, 3.05) is 0 Å². The van der Waals surface area contributed by atoms with Gasteiger partial charge in [-0.3, -0.25) is 4.79 Å². The molecule has 1 aromatic carbocycles. The van der Waals surface area contributed by atoms with Gasteiger partial charge in [0.05, 0.1) is 5.02 Å². The minimum atomic E-state index is -0.574. The first-order chi connectivity index (χ1) is 6.50. The number of carbonyl (C=O) groups excluding carboxylic acids is 1. The van der Waals surface area contributed by atoms with Crippen LogP contribution >= 0.6 is 11.6 Å². The van der Waals surface area contributed by atoms with E-state index in [0.29, 0.717) is 5.75 Å². The summed E-state index contributed by atoms with van der Waals surface area (Å²) in [7, 11) is 0. The second kappa shape index (κ2) is 4.42. The van der Waals surface area contributed by atoms with Crippen LogP contribution < -0.4 is 4.74 Å². The lowest BCUT2D eigenvalue weighted by Crippen LogP contribution is -2.20. The number of carbonyl (C=O) groups is 1. The fourth-order valence-electron chi connectivity index (χ4n) is 0.837. The summed E-state index contributed by atoms with van der Waals surface area (Å²) in [5, 5.41) is 0.0350. The monoisotopic (exact) mass is 216 g/mol. The summed E-state index contributed by atoms with van der Waals surface area (Å²) in [5.74, 6) is -0.366. The summed E-state index contributed by atoms with van der Waals surface area (Å²) in [5.41, 5.74) is 0. The van der Waals surface area contributed by atoms with Gasteiger partial charge in [-0.15, -0.1) is 0 Å². The number of ether oxygens (including phenoxy) is 1. The molecule has 0 radical (unpaired) electrons. The number of ketones is 1. The van der Waals surface area contributed by atoms with E-state index in [4.69, 9.17) is 16.3 Å². The molecule has 1 unspecified atom stereocenters. The molecule has 76 valence electrons. The Hall–Kier alpha value is -1.09. The van der Waals surface area contributed by atoms with E-state index in [-0.39, 0.29) is 10.8 Å². The van der Waals surface area contributed by atoms with E-state index in [1.54, 1.807) is 6.92 Å². The highest BCUT2D eigenvalue weighted by molar-refractivity contribution is 6.30. The van der Waals surface area contributed by atoms with Gasteiger partial charge in [-0.05, 0) is 26.0 Å². The number of hydrogen-bond donors (Lipinski definition) is 0. The van der Waals surface area contributed by atoms with Crippen LogP contribution in [0.3, 0.4) is 0 Å². The third-order valence-electron chi connectivity index (χ3n) is 1.78. The molecule has 0 aliphatic rings. The fraction of sp³-hybridized carbons (Fsp3) is 0.300. The highest BCUT2D eigenvalue weighted by Crippen LogP contribution is 2.21. The predicted octanol–water partition coefficient (Wildman–Crippen LogP) is 2.84. The summed E-state index contributed by atoms with van der Waals surface area (Å²) in [6.07, 6.45) is -0.574. The minimum Gasteiger partial charge on any atom is -0.483 e. The van der Waals surface area contributed by atoms with Gasteiger partial charge in [0.1, 0.15) is 11.6 Å². The fourth-order valence-corrected chi connectivity index (χ4v) is 0.955. The molecule has 1 rings (SSSR count). The van der Waals surface area contributed by atoms with Gasteiger partial charge >= 0.3 is 0 Å². The number of halogens is 2. The molecule has 1 aromatic rings. The van der Waals surface area contributed by atoms with Crippen molar-refractivity contribution >= 4 is 17.4 Å². The van der Waals surface area contributed by atoms with Gasteiger partial charge in [-0.25, -0.2) is 4.39 Å². The third-order valence-corrected chi connectivity index (χ3v) is 2.08. The molecule has 0 aliphatic carbocycles. The molecule has 0 heterocycles. The van der Waals surface area contributed by atoms with Crippen LogP contribution in [0.4, 0.5) is 4.39 Å². The van der Waals surface area contributed by atoms with Crippen molar-refractivity contribution in [3.63, 3.8) is 0 Å².